The number of anilines is 1. The molecule has 3 nitrogen and oxygen atoms in total. The average molecular weight is 419 g/mol. The minimum atomic E-state index is -0.580. The molecule has 0 fully saturated rings. The summed E-state index contributed by atoms with van der Waals surface area (Å²) in [5.41, 5.74) is 0.638. The van der Waals surface area contributed by atoms with E-state index in [1.807, 2.05) is 49.4 Å². The number of carbonyl (C=O) groups excluding carboxylic acids is 1. The van der Waals surface area contributed by atoms with E-state index in [0.717, 1.165) is 15.2 Å². The molecule has 0 aliphatic heterocycles. The molecule has 0 aliphatic carbocycles. The third-order valence-electron chi connectivity index (χ3n) is 3.85. The van der Waals surface area contributed by atoms with Crippen molar-refractivity contribution in [2.45, 2.75) is 19.4 Å². The van der Waals surface area contributed by atoms with Crippen LogP contribution in [0.1, 0.15) is 13.3 Å². The summed E-state index contributed by atoms with van der Waals surface area (Å²) in [6, 6.07) is 19.1. The molecule has 0 bridgehead atoms. The van der Waals surface area contributed by atoms with Gasteiger partial charge in [0.15, 0.2) is 6.10 Å². The highest BCUT2D eigenvalue weighted by atomic mass is 79.9. The fourth-order valence-corrected chi connectivity index (χ4v) is 2.95. The summed E-state index contributed by atoms with van der Waals surface area (Å²) in [5.74, 6) is 0.476. The van der Waals surface area contributed by atoms with Crippen LogP contribution in [0.2, 0.25) is 5.02 Å². The smallest absolute Gasteiger partial charge is 0.265 e. The van der Waals surface area contributed by atoms with Crippen LogP contribution in [0.3, 0.4) is 0 Å². The number of carbonyl (C=O) groups is 1. The van der Waals surface area contributed by atoms with Gasteiger partial charge >= 0.3 is 0 Å². The van der Waals surface area contributed by atoms with Crippen molar-refractivity contribution >= 4 is 49.9 Å². The van der Waals surface area contributed by atoms with Crippen LogP contribution in [0.4, 0.5) is 5.69 Å². The molecular formula is C20H17BrClNO2. The molecule has 1 N–H and O–H groups in total. The Kier molecular flexibility index (Phi) is 5.61. The molecule has 0 spiro atoms. The maximum Gasteiger partial charge on any atom is 0.265 e. The average Bonchev–Trinajstić information content (AvgIpc) is 2.62. The molecule has 0 aliphatic rings. The Morgan fingerprint density at radius 2 is 1.88 bits per heavy atom. The van der Waals surface area contributed by atoms with E-state index in [0.29, 0.717) is 22.9 Å². The van der Waals surface area contributed by atoms with Gasteiger partial charge in [-0.2, -0.15) is 0 Å². The van der Waals surface area contributed by atoms with Crippen LogP contribution in [0.5, 0.6) is 5.75 Å². The number of hydrogen-bond acceptors (Lipinski definition) is 2. The summed E-state index contributed by atoms with van der Waals surface area (Å²) >= 11 is 9.40. The summed E-state index contributed by atoms with van der Waals surface area (Å²) < 4.78 is 6.69. The topological polar surface area (TPSA) is 38.3 Å². The highest BCUT2D eigenvalue weighted by Gasteiger charge is 2.19. The third-order valence-corrected chi connectivity index (χ3v) is 5.08. The Hall–Kier alpha value is -2.04. The van der Waals surface area contributed by atoms with Gasteiger partial charge in [-0.15, -0.1) is 0 Å². The van der Waals surface area contributed by atoms with Gasteiger partial charge in [-0.25, -0.2) is 0 Å². The number of nitrogens with one attached hydrogen (secondary N) is 1. The first-order valence-corrected chi connectivity index (χ1v) is 9.15. The fourth-order valence-electron chi connectivity index (χ4n) is 2.52. The van der Waals surface area contributed by atoms with Gasteiger partial charge in [-0.05, 0) is 63.5 Å². The number of rotatable bonds is 5. The first kappa shape index (κ1) is 17.8. The van der Waals surface area contributed by atoms with Crippen LogP contribution in [-0.2, 0) is 4.79 Å². The van der Waals surface area contributed by atoms with Crippen molar-refractivity contribution in [3.05, 3.63) is 70.2 Å². The monoisotopic (exact) mass is 417 g/mol. The highest BCUT2D eigenvalue weighted by Crippen LogP contribution is 2.26. The largest absolute Gasteiger partial charge is 0.481 e. The first-order valence-electron chi connectivity index (χ1n) is 7.98. The number of hydrogen-bond donors (Lipinski definition) is 1. The zero-order valence-electron chi connectivity index (χ0n) is 13.6. The number of ether oxygens (including phenoxy) is 1. The van der Waals surface area contributed by atoms with Crippen LogP contribution in [0.25, 0.3) is 10.8 Å². The van der Waals surface area contributed by atoms with Crippen molar-refractivity contribution in [2.24, 2.45) is 0 Å². The van der Waals surface area contributed by atoms with Crippen LogP contribution in [0, 0.1) is 0 Å². The van der Waals surface area contributed by atoms with E-state index in [-0.39, 0.29) is 5.91 Å². The predicted octanol–water partition coefficient (Wildman–Crippen LogP) is 6.05. The van der Waals surface area contributed by atoms with Crippen molar-refractivity contribution in [3.63, 3.8) is 0 Å². The van der Waals surface area contributed by atoms with E-state index in [4.69, 9.17) is 16.3 Å². The first-order chi connectivity index (χ1) is 12.1. The van der Waals surface area contributed by atoms with Gasteiger partial charge < -0.3 is 10.1 Å². The van der Waals surface area contributed by atoms with Crippen molar-refractivity contribution in [2.75, 3.05) is 5.32 Å². The van der Waals surface area contributed by atoms with Crippen molar-refractivity contribution in [1.82, 2.24) is 0 Å². The van der Waals surface area contributed by atoms with E-state index in [2.05, 4.69) is 21.2 Å². The molecule has 0 saturated carbocycles. The lowest BCUT2D eigenvalue weighted by Gasteiger charge is -2.18. The second-order valence-corrected chi connectivity index (χ2v) is 6.90. The van der Waals surface area contributed by atoms with E-state index >= 15 is 0 Å². The maximum atomic E-state index is 12.5. The van der Waals surface area contributed by atoms with Gasteiger partial charge in [0.2, 0.25) is 0 Å². The second kappa shape index (κ2) is 7.89. The molecule has 1 amide bonds. The molecule has 5 heteroatoms. The Balaban J connectivity index is 1.73. The van der Waals surface area contributed by atoms with Crippen LogP contribution < -0.4 is 10.1 Å². The molecule has 1 unspecified atom stereocenters. The Labute approximate surface area is 160 Å². The Morgan fingerprint density at radius 1 is 1.12 bits per heavy atom. The molecule has 128 valence electrons. The van der Waals surface area contributed by atoms with Gasteiger partial charge in [0.05, 0.1) is 5.02 Å². The third kappa shape index (κ3) is 4.33. The quantitative estimate of drug-likeness (QED) is 0.547. The molecule has 0 heterocycles. The van der Waals surface area contributed by atoms with Gasteiger partial charge in [-0.3, -0.25) is 4.79 Å². The molecule has 0 radical (unpaired) electrons. The Morgan fingerprint density at radius 3 is 2.60 bits per heavy atom. The van der Waals surface area contributed by atoms with E-state index < -0.39 is 6.10 Å². The SMILES string of the molecule is CCC(Oc1ccc2ccccc2c1)C(=O)Nc1ccc(Br)c(Cl)c1. The van der Waals surface area contributed by atoms with E-state index in [1.165, 1.54) is 0 Å². The van der Waals surface area contributed by atoms with Crippen molar-refractivity contribution < 1.29 is 9.53 Å². The van der Waals surface area contributed by atoms with Crippen LogP contribution >= 0.6 is 27.5 Å². The number of halogens is 2. The molecule has 25 heavy (non-hydrogen) atoms. The minimum absolute atomic E-state index is 0.200. The van der Waals surface area contributed by atoms with Crippen molar-refractivity contribution in [1.29, 1.82) is 0 Å². The highest BCUT2D eigenvalue weighted by molar-refractivity contribution is 9.10. The predicted molar refractivity (Wildman–Crippen MR) is 106 cm³/mol. The van der Waals surface area contributed by atoms with Crippen LogP contribution in [0.15, 0.2) is 65.1 Å². The number of benzene rings is 3. The number of amides is 1. The minimum Gasteiger partial charge on any atom is -0.481 e. The molecule has 3 rings (SSSR count). The second-order valence-electron chi connectivity index (χ2n) is 5.64. The maximum absolute atomic E-state index is 12.5. The molecule has 3 aromatic rings. The lowest BCUT2D eigenvalue weighted by molar-refractivity contribution is -0.122. The summed E-state index contributed by atoms with van der Waals surface area (Å²) in [7, 11) is 0. The summed E-state index contributed by atoms with van der Waals surface area (Å²) in [5, 5.41) is 5.61. The fraction of sp³-hybridized carbons (Fsp3) is 0.150. The van der Waals surface area contributed by atoms with Gasteiger partial charge in [-0.1, -0.05) is 48.9 Å². The molecule has 1 atom stereocenters. The summed E-state index contributed by atoms with van der Waals surface area (Å²) in [6.45, 7) is 1.92. The van der Waals surface area contributed by atoms with E-state index in [9.17, 15) is 4.79 Å². The molecule has 3 aromatic carbocycles. The normalized spacial score (nSPS) is 12.0. The lowest BCUT2D eigenvalue weighted by Crippen LogP contribution is -2.32. The molecular weight excluding hydrogens is 402 g/mol. The summed E-state index contributed by atoms with van der Waals surface area (Å²) in [4.78, 5) is 12.5. The number of fused-ring (bicyclic) bond motifs is 1. The zero-order chi connectivity index (χ0) is 17.8. The van der Waals surface area contributed by atoms with Gasteiger partial charge in [0.1, 0.15) is 5.75 Å². The van der Waals surface area contributed by atoms with Gasteiger partial charge in [0, 0.05) is 10.2 Å². The van der Waals surface area contributed by atoms with Crippen molar-refractivity contribution in [3.8, 4) is 5.75 Å². The standard InChI is InChI=1S/C20H17BrClNO2/c1-2-19(20(24)23-15-8-10-17(21)18(22)12-15)25-16-9-7-13-5-3-4-6-14(13)11-16/h3-12,19H,2H2,1H3,(H,23,24). The summed E-state index contributed by atoms with van der Waals surface area (Å²) in [6.07, 6.45) is -0.0216. The van der Waals surface area contributed by atoms with Gasteiger partial charge in [0.25, 0.3) is 5.91 Å². The van der Waals surface area contributed by atoms with E-state index in [1.54, 1.807) is 18.2 Å². The van der Waals surface area contributed by atoms with Crippen LogP contribution in [-0.4, -0.2) is 12.0 Å². The Bertz CT molecular complexity index is 913. The molecule has 0 aromatic heterocycles. The molecule has 0 saturated heterocycles. The zero-order valence-corrected chi connectivity index (χ0v) is 16.0. The lowest BCUT2D eigenvalue weighted by atomic mass is 10.1.